The minimum Gasteiger partial charge on any atom is -0.497 e. The standard InChI is InChI=1S/C29H35FN2O3/c1-35-23-11-12-27-25(19-23)24(26(30)21-31-27)10-5-13-29(20-28(33)34)14-17-32(18-15-29)16-6-9-22-7-3-2-4-8-22/h2-4,7-8,11-12,19,21H,5-6,9-10,13-18,20H2,1H3,(H,33,34). The first-order chi connectivity index (χ1) is 17.0. The third kappa shape index (κ3) is 6.57. The number of carboxylic acid groups (broad SMARTS) is 1. The van der Waals surface area contributed by atoms with Gasteiger partial charge in [0.25, 0.3) is 0 Å². The fourth-order valence-corrected chi connectivity index (χ4v) is 5.46. The molecule has 1 N–H and O–H groups in total. The summed E-state index contributed by atoms with van der Waals surface area (Å²) >= 11 is 0. The molecule has 2 aromatic carbocycles. The SMILES string of the molecule is COc1ccc2ncc(F)c(CCCC3(CC(=O)O)CCN(CCCc4ccccc4)CC3)c2c1. The molecule has 0 bridgehead atoms. The van der Waals surface area contributed by atoms with Crippen LogP contribution in [-0.2, 0) is 17.6 Å². The summed E-state index contributed by atoms with van der Waals surface area (Å²) in [6, 6.07) is 16.0. The van der Waals surface area contributed by atoms with E-state index in [0.717, 1.165) is 69.1 Å². The Hall–Kier alpha value is -2.99. The molecule has 0 amide bonds. The lowest BCUT2D eigenvalue weighted by molar-refractivity contribution is -0.140. The highest BCUT2D eigenvalue weighted by molar-refractivity contribution is 5.83. The van der Waals surface area contributed by atoms with E-state index >= 15 is 0 Å². The molecule has 3 aromatic rings. The summed E-state index contributed by atoms with van der Waals surface area (Å²) in [5.74, 6) is -0.382. The molecule has 6 heteroatoms. The van der Waals surface area contributed by atoms with E-state index in [-0.39, 0.29) is 17.7 Å². The number of aromatic nitrogens is 1. The van der Waals surface area contributed by atoms with Crippen molar-refractivity contribution < 1.29 is 19.0 Å². The molecule has 0 atom stereocenters. The van der Waals surface area contributed by atoms with E-state index in [2.05, 4.69) is 34.1 Å². The van der Waals surface area contributed by atoms with Gasteiger partial charge in [-0.1, -0.05) is 30.3 Å². The summed E-state index contributed by atoms with van der Waals surface area (Å²) in [5.41, 5.74) is 2.51. The summed E-state index contributed by atoms with van der Waals surface area (Å²) in [6.07, 6.45) is 7.46. The number of ether oxygens (including phenoxy) is 1. The van der Waals surface area contributed by atoms with Crippen molar-refractivity contribution in [3.8, 4) is 5.75 Å². The molecule has 1 aromatic heterocycles. The number of aryl methyl sites for hydroxylation is 2. The van der Waals surface area contributed by atoms with Gasteiger partial charge in [0.2, 0.25) is 0 Å². The molecule has 1 aliphatic rings. The highest BCUT2D eigenvalue weighted by Crippen LogP contribution is 2.40. The second-order valence-corrected chi connectivity index (χ2v) is 9.82. The van der Waals surface area contributed by atoms with E-state index in [1.807, 2.05) is 24.3 Å². The van der Waals surface area contributed by atoms with E-state index in [1.165, 1.54) is 11.8 Å². The molecule has 5 nitrogen and oxygen atoms in total. The fraction of sp³-hybridized carbons (Fsp3) is 0.448. The van der Waals surface area contributed by atoms with Crippen LogP contribution in [0.25, 0.3) is 10.9 Å². The molecule has 2 heterocycles. The van der Waals surface area contributed by atoms with Crippen LogP contribution in [0, 0.1) is 11.2 Å². The van der Waals surface area contributed by atoms with E-state index in [0.29, 0.717) is 17.7 Å². The van der Waals surface area contributed by atoms with Crippen molar-refractivity contribution in [2.24, 2.45) is 5.41 Å². The number of likely N-dealkylation sites (tertiary alicyclic amines) is 1. The summed E-state index contributed by atoms with van der Waals surface area (Å²) in [4.78, 5) is 18.4. The van der Waals surface area contributed by atoms with Gasteiger partial charge in [0.1, 0.15) is 11.6 Å². The maximum atomic E-state index is 14.7. The van der Waals surface area contributed by atoms with Crippen LogP contribution >= 0.6 is 0 Å². The predicted octanol–water partition coefficient (Wildman–Crippen LogP) is 5.89. The quantitative estimate of drug-likeness (QED) is 0.372. The zero-order valence-corrected chi connectivity index (χ0v) is 20.5. The number of hydrogen-bond acceptors (Lipinski definition) is 4. The van der Waals surface area contributed by atoms with Crippen molar-refractivity contribution in [1.29, 1.82) is 0 Å². The number of halogens is 1. The minimum absolute atomic E-state index is 0.179. The third-order valence-corrected chi connectivity index (χ3v) is 7.49. The molecule has 0 unspecified atom stereocenters. The van der Waals surface area contributed by atoms with Crippen LogP contribution in [0.2, 0.25) is 0 Å². The van der Waals surface area contributed by atoms with E-state index in [9.17, 15) is 14.3 Å². The Morgan fingerprint density at radius 2 is 1.89 bits per heavy atom. The van der Waals surface area contributed by atoms with Gasteiger partial charge in [0.05, 0.1) is 25.2 Å². The minimum atomic E-state index is -0.743. The van der Waals surface area contributed by atoms with Gasteiger partial charge >= 0.3 is 5.97 Å². The molecule has 0 radical (unpaired) electrons. The van der Waals surface area contributed by atoms with Gasteiger partial charge in [-0.15, -0.1) is 0 Å². The lowest BCUT2D eigenvalue weighted by atomic mass is 9.72. The lowest BCUT2D eigenvalue weighted by Crippen LogP contribution is -2.41. The van der Waals surface area contributed by atoms with Crippen LogP contribution in [0.5, 0.6) is 5.75 Å². The summed E-state index contributed by atoms with van der Waals surface area (Å²) < 4.78 is 20.0. The Morgan fingerprint density at radius 1 is 1.11 bits per heavy atom. The zero-order chi connectivity index (χ0) is 24.7. The molecule has 1 fully saturated rings. The van der Waals surface area contributed by atoms with Gasteiger partial charge in [0.15, 0.2) is 0 Å². The van der Waals surface area contributed by atoms with Crippen molar-refractivity contribution in [2.45, 2.75) is 51.4 Å². The molecule has 35 heavy (non-hydrogen) atoms. The zero-order valence-electron chi connectivity index (χ0n) is 20.5. The van der Waals surface area contributed by atoms with Gasteiger partial charge in [0, 0.05) is 5.39 Å². The maximum absolute atomic E-state index is 14.7. The number of benzene rings is 2. The van der Waals surface area contributed by atoms with E-state index in [1.54, 1.807) is 7.11 Å². The molecule has 0 aliphatic carbocycles. The number of piperidine rings is 1. The Bertz CT molecular complexity index is 1130. The average Bonchev–Trinajstić information content (AvgIpc) is 2.86. The Morgan fingerprint density at radius 3 is 2.60 bits per heavy atom. The number of nitrogens with zero attached hydrogens (tertiary/aromatic N) is 2. The molecular formula is C29H35FN2O3. The average molecular weight is 479 g/mol. The molecular weight excluding hydrogens is 443 g/mol. The van der Waals surface area contributed by atoms with Crippen molar-refractivity contribution in [3.63, 3.8) is 0 Å². The van der Waals surface area contributed by atoms with Crippen LogP contribution in [0.3, 0.4) is 0 Å². The number of methoxy groups -OCH3 is 1. The molecule has 0 saturated carbocycles. The van der Waals surface area contributed by atoms with E-state index in [4.69, 9.17) is 4.74 Å². The van der Waals surface area contributed by atoms with Crippen LogP contribution in [0.1, 0.15) is 49.7 Å². The number of carboxylic acids is 1. The van der Waals surface area contributed by atoms with Gasteiger partial charge < -0.3 is 14.7 Å². The van der Waals surface area contributed by atoms with Crippen molar-refractivity contribution in [3.05, 3.63) is 71.7 Å². The monoisotopic (exact) mass is 478 g/mol. The normalized spacial score (nSPS) is 15.8. The predicted molar refractivity (Wildman–Crippen MR) is 136 cm³/mol. The Kier molecular flexibility index (Phi) is 8.34. The summed E-state index contributed by atoms with van der Waals surface area (Å²) in [7, 11) is 1.59. The van der Waals surface area contributed by atoms with Crippen LogP contribution < -0.4 is 4.74 Å². The summed E-state index contributed by atoms with van der Waals surface area (Å²) in [5, 5.41) is 10.4. The Balaban J connectivity index is 1.35. The first kappa shape index (κ1) is 25.1. The van der Waals surface area contributed by atoms with Crippen LogP contribution in [0.4, 0.5) is 4.39 Å². The van der Waals surface area contributed by atoms with Gasteiger partial charge in [-0.05, 0) is 99.3 Å². The second-order valence-electron chi connectivity index (χ2n) is 9.82. The number of fused-ring (bicyclic) bond motifs is 1. The topological polar surface area (TPSA) is 62.7 Å². The van der Waals surface area contributed by atoms with Crippen LogP contribution in [-0.4, -0.2) is 47.7 Å². The number of carbonyl (C=O) groups is 1. The van der Waals surface area contributed by atoms with Crippen molar-refractivity contribution >= 4 is 16.9 Å². The number of pyridine rings is 1. The largest absolute Gasteiger partial charge is 0.497 e. The number of aliphatic carboxylic acids is 1. The first-order valence-electron chi connectivity index (χ1n) is 12.6. The smallest absolute Gasteiger partial charge is 0.303 e. The lowest BCUT2D eigenvalue weighted by Gasteiger charge is -2.41. The second kappa shape index (κ2) is 11.6. The van der Waals surface area contributed by atoms with E-state index < -0.39 is 5.97 Å². The Labute approximate surface area is 206 Å². The van der Waals surface area contributed by atoms with Crippen molar-refractivity contribution in [1.82, 2.24) is 9.88 Å². The maximum Gasteiger partial charge on any atom is 0.303 e. The molecule has 4 rings (SSSR count). The fourth-order valence-electron chi connectivity index (χ4n) is 5.46. The van der Waals surface area contributed by atoms with Crippen molar-refractivity contribution in [2.75, 3.05) is 26.7 Å². The highest BCUT2D eigenvalue weighted by Gasteiger charge is 2.36. The van der Waals surface area contributed by atoms with Gasteiger partial charge in [-0.25, -0.2) is 4.39 Å². The number of rotatable bonds is 11. The third-order valence-electron chi connectivity index (χ3n) is 7.49. The van der Waals surface area contributed by atoms with Gasteiger partial charge in [-0.2, -0.15) is 0 Å². The first-order valence-corrected chi connectivity index (χ1v) is 12.6. The molecule has 0 spiro atoms. The summed E-state index contributed by atoms with van der Waals surface area (Å²) in [6.45, 7) is 2.88. The highest BCUT2D eigenvalue weighted by atomic mass is 19.1. The molecule has 1 aliphatic heterocycles. The number of hydrogen-bond donors (Lipinski definition) is 1. The molecule has 1 saturated heterocycles. The molecule has 186 valence electrons. The van der Waals surface area contributed by atoms with Gasteiger partial charge in [-0.3, -0.25) is 9.78 Å². The van der Waals surface area contributed by atoms with Crippen LogP contribution in [0.15, 0.2) is 54.7 Å².